The number of hydrogen-bond acceptors (Lipinski definition) is 4. The van der Waals surface area contributed by atoms with Gasteiger partial charge in [-0.1, -0.05) is 27.2 Å². The summed E-state index contributed by atoms with van der Waals surface area (Å²) in [5, 5.41) is 9.79. The van der Waals surface area contributed by atoms with E-state index in [0.717, 1.165) is 25.8 Å². The Morgan fingerprint density at radius 1 is 1.50 bits per heavy atom. The van der Waals surface area contributed by atoms with Crippen LogP contribution in [0.4, 0.5) is 0 Å². The van der Waals surface area contributed by atoms with Gasteiger partial charge in [-0.15, -0.1) is 0 Å². The number of sulfonamides is 1. The average molecular weight is 300 g/mol. The highest BCUT2D eigenvalue weighted by Gasteiger charge is 2.38. The monoisotopic (exact) mass is 300 g/mol. The average Bonchev–Trinajstić information content (AvgIpc) is 2.94. The number of aromatic nitrogens is 2. The second kappa shape index (κ2) is 5.83. The lowest BCUT2D eigenvalue weighted by Crippen LogP contribution is -2.41. The van der Waals surface area contributed by atoms with E-state index in [0.29, 0.717) is 12.1 Å². The molecule has 0 amide bonds. The number of hydrogen-bond donors (Lipinski definition) is 3. The molecule has 0 aromatic carbocycles. The van der Waals surface area contributed by atoms with Gasteiger partial charge in [0.2, 0.25) is 0 Å². The maximum atomic E-state index is 12.5. The van der Waals surface area contributed by atoms with Crippen LogP contribution in [0.1, 0.15) is 45.6 Å². The van der Waals surface area contributed by atoms with Gasteiger partial charge in [-0.3, -0.25) is 5.10 Å². The zero-order valence-corrected chi connectivity index (χ0v) is 13.2. The van der Waals surface area contributed by atoms with E-state index >= 15 is 0 Å². The maximum Gasteiger partial charge on any atom is 0.258 e. The molecule has 0 radical (unpaired) electrons. The summed E-state index contributed by atoms with van der Waals surface area (Å²) in [5.74, 6) is 0. The molecule has 2 rings (SSSR count). The van der Waals surface area contributed by atoms with E-state index in [4.69, 9.17) is 0 Å². The van der Waals surface area contributed by atoms with Crippen LogP contribution in [0.2, 0.25) is 0 Å². The minimum absolute atomic E-state index is 0.00885. The van der Waals surface area contributed by atoms with Crippen molar-refractivity contribution >= 4 is 10.0 Å². The number of aromatic amines is 1. The summed E-state index contributed by atoms with van der Waals surface area (Å²) in [6, 6.07) is -0.0113. The fraction of sp³-hybridized carbons (Fsp3) is 0.769. The second-order valence-electron chi connectivity index (χ2n) is 6.06. The largest absolute Gasteiger partial charge is 0.313 e. The summed E-state index contributed by atoms with van der Waals surface area (Å²) in [4.78, 5) is 0. The topological polar surface area (TPSA) is 86.9 Å². The highest BCUT2D eigenvalue weighted by molar-refractivity contribution is 7.89. The van der Waals surface area contributed by atoms with Crippen LogP contribution in [0.3, 0.4) is 0 Å². The fourth-order valence-corrected chi connectivity index (χ4v) is 4.28. The summed E-state index contributed by atoms with van der Waals surface area (Å²) >= 11 is 0. The Balaban J connectivity index is 2.16. The Bertz CT molecular complexity index is 550. The van der Waals surface area contributed by atoms with Gasteiger partial charge in [-0.05, 0) is 24.8 Å². The van der Waals surface area contributed by atoms with Crippen molar-refractivity contribution in [1.82, 2.24) is 20.2 Å². The molecule has 1 atom stereocenters. The Hall–Kier alpha value is -0.920. The van der Waals surface area contributed by atoms with Crippen molar-refractivity contribution in [3.63, 3.8) is 0 Å². The second-order valence-corrected chi connectivity index (χ2v) is 7.71. The van der Waals surface area contributed by atoms with Gasteiger partial charge in [0.1, 0.15) is 0 Å². The molecule has 6 nitrogen and oxygen atoms in total. The minimum atomic E-state index is -3.54. The van der Waals surface area contributed by atoms with Gasteiger partial charge < -0.3 is 5.32 Å². The van der Waals surface area contributed by atoms with Crippen molar-refractivity contribution in [1.29, 1.82) is 0 Å². The molecule has 7 heteroatoms. The summed E-state index contributed by atoms with van der Waals surface area (Å²) in [7, 11) is -3.54. The number of nitrogens with one attached hydrogen (secondary N) is 3. The first-order valence-corrected chi connectivity index (χ1v) is 8.60. The molecule has 20 heavy (non-hydrogen) atoms. The molecule has 0 bridgehead atoms. The van der Waals surface area contributed by atoms with Crippen LogP contribution in [0.25, 0.3) is 0 Å². The van der Waals surface area contributed by atoms with Gasteiger partial charge in [-0.2, -0.15) is 5.10 Å². The molecule has 3 N–H and O–H groups in total. The lowest BCUT2D eigenvalue weighted by atomic mass is 9.88. The molecular formula is C13H24N4O2S. The van der Waals surface area contributed by atoms with Crippen molar-refractivity contribution in [3.8, 4) is 0 Å². The first-order valence-electron chi connectivity index (χ1n) is 7.12. The molecule has 0 saturated heterocycles. The van der Waals surface area contributed by atoms with E-state index in [1.807, 2.05) is 6.92 Å². The Morgan fingerprint density at radius 3 is 2.85 bits per heavy atom. The van der Waals surface area contributed by atoms with E-state index in [-0.39, 0.29) is 16.5 Å². The van der Waals surface area contributed by atoms with Crippen LogP contribution < -0.4 is 10.0 Å². The van der Waals surface area contributed by atoms with Gasteiger partial charge >= 0.3 is 0 Å². The zero-order chi connectivity index (χ0) is 14.8. The van der Waals surface area contributed by atoms with Crippen LogP contribution in [-0.4, -0.2) is 31.2 Å². The smallest absolute Gasteiger partial charge is 0.258 e. The highest BCUT2D eigenvalue weighted by atomic mass is 32.2. The number of H-pyrrole nitrogens is 1. The molecule has 1 fully saturated rings. The predicted molar refractivity (Wildman–Crippen MR) is 77.7 cm³/mol. The first kappa shape index (κ1) is 15.5. The Morgan fingerprint density at radius 2 is 2.25 bits per heavy atom. The standard InChI is InChI=1S/C13H24N4O2S/c1-4-14-8-10-9-15-16-12(10)20(18,19)17-11-6-5-7-13(11,2)3/h9,11,14,17H,4-8H2,1-3H3,(H,15,16). The van der Waals surface area contributed by atoms with E-state index < -0.39 is 10.0 Å². The van der Waals surface area contributed by atoms with Crippen LogP contribution >= 0.6 is 0 Å². The van der Waals surface area contributed by atoms with E-state index in [9.17, 15) is 8.42 Å². The van der Waals surface area contributed by atoms with E-state index in [1.165, 1.54) is 0 Å². The third-order valence-corrected chi connectivity index (χ3v) is 5.55. The number of rotatable bonds is 6. The van der Waals surface area contributed by atoms with Crippen molar-refractivity contribution in [2.75, 3.05) is 6.54 Å². The van der Waals surface area contributed by atoms with Crippen molar-refractivity contribution in [3.05, 3.63) is 11.8 Å². The quantitative estimate of drug-likeness (QED) is 0.740. The van der Waals surface area contributed by atoms with E-state index in [1.54, 1.807) is 6.20 Å². The minimum Gasteiger partial charge on any atom is -0.313 e. The molecule has 0 spiro atoms. The molecule has 114 valence electrons. The third kappa shape index (κ3) is 3.21. The predicted octanol–water partition coefficient (Wildman–Crippen LogP) is 1.38. The van der Waals surface area contributed by atoms with E-state index in [2.05, 4.69) is 34.1 Å². The van der Waals surface area contributed by atoms with Gasteiger partial charge in [0.05, 0.1) is 6.20 Å². The fourth-order valence-electron chi connectivity index (χ4n) is 2.71. The summed E-state index contributed by atoms with van der Waals surface area (Å²) in [6.07, 6.45) is 4.57. The molecule has 1 unspecified atom stereocenters. The van der Waals surface area contributed by atoms with Gasteiger partial charge in [0.15, 0.2) is 5.03 Å². The van der Waals surface area contributed by atoms with Crippen molar-refractivity contribution in [2.45, 2.75) is 57.6 Å². The normalized spacial score (nSPS) is 22.2. The SMILES string of the molecule is CCNCc1cn[nH]c1S(=O)(=O)NC1CCCC1(C)C. The Kier molecular flexibility index (Phi) is 4.51. The zero-order valence-electron chi connectivity index (χ0n) is 12.4. The first-order chi connectivity index (χ1) is 9.37. The summed E-state index contributed by atoms with van der Waals surface area (Å²) in [6.45, 7) is 7.48. The molecule has 0 aliphatic heterocycles. The maximum absolute atomic E-state index is 12.5. The molecular weight excluding hydrogens is 276 g/mol. The molecule has 1 aromatic heterocycles. The van der Waals surface area contributed by atoms with Crippen LogP contribution in [0, 0.1) is 5.41 Å². The number of nitrogens with zero attached hydrogens (tertiary/aromatic N) is 1. The van der Waals surface area contributed by atoms with Gasteiger partial charge in [0.25, 0.3) is 10.0 Å². The third-order valence-electron chi connectivity index (χ3n) is 4.07. The van der Waals surface area contributed by atoms with Crippen molar-refractivity contribution in [2.24, 2.45) is 5.41 Å². The van der Waals surface area contributed by atoms with Gasteiger partial charge in [-0.25, -0.2) is 13.1 Å². The summed E-state index contributed by atoms with van der Waals surface area (Å²) in [5.41, 5.74) is 0.685. The van der Waals surface area contributed by atoms with Crippen molar-refractivity contribution < 1.29 is 8.42 Å². The lowest BCUT2D eigenvalue weighted by Gasteiger charge is -2.27. The summed E-state index contributed by atoms with van der Waals surface area (Å²) < 4.78 is 27.9. The molecule has 1 aliphatic carbocycles. The highest BCUT2D eigenvalue weighted by Crippen LogP contribution is 2.37. The van der Waals surface area contributed by atoms with Crippen LogP contribution in [0.15, 0.2) is 11.2 Å². The van der Waals surface area contributed by atoms with Crippen LogP contribution in [-0.2, 0) is 16.6 Å². The van der Waals surface area contributed by atoms with Gasteiger partial charge in [0, 0.05) is 18.2 Å². The lowest BCUT2D eigenvalue weighted by molar-refractivity contribution is 0.312. The molecule has 1 heterocycles. The van der Waals surface area contributed by atoms with Crippen LogP contribution in [0.5, 0.6) is 0 Å². The Labute approximate surface area is 120 Å². The molecule has 1 saturated carbocycles. The molecule has 1 aromatic rings. The molecule has 1 aliphatic rings.